The van der Waals surface area contributed by atoms with Crippen LogP contribution in [0.2, 0.25) is 0 Å². The Hall–Kier alpha value is -6.17. The summed E-state index contributed by atoms with van der Waals surface area (Å²) in [4.78, 5) is 11.5. The van der Waals surface area contributed by atoms with Crippen LogP contribution in [0.15, 0.2) is 158 Å². The maximum absolute atomic E-state index is 6.60. The van der Waals surface area contributed by atoms with Crippen LogP contribution in [0, 0.1) is 6.92 Å². The van der Waals surface area contributed by atoms with Crippen LogP contribution in [0.25, 0.3) is 38.8 Å². The zero-order chi connectivity index (χ0) is 34.3. The van der Waals surface area contributed by atoms with E-state index in [-0.39, 0.29) is 6.04 Å². The monoisotopic (exact) mass is 660 g/mol. The highest BCUT2D eigenvalue weighted by molar-refractivity contribution is 6.09. The van der Waals surface area contributed by atoms with Crippen LogP contribution in [-0.2, 0) is 10.4 Å². The summed E-state index contributed by atoms with van der Waals surface area (Å²) in [5.74, 6) is 0.918. The van der Waals surface area contributed by atoms with Crippen molar-refractivity contribution in [3.05, 3.63) is 186 Å². The fourth-order valence-corrected chi connectivity index (χ4v) is 8.54. The zero-order valence-corrected chi connectivity index (χ0v) is 28.8. The van der Waals surface area contributed by atoms with Crippen molar-refractivity contribution in [2.24, 2.45) is 0 Å². The third-order valence-electron chi connectivity index (χ3n) is 10.7. The van der Waals surface area contributed by atoms with Gasteiger partial charge in [0.2, 0.25) is 0 Å². The SMILES string of the molecule is Cc1ccnc(-n2c3ccccc3c3ccc(C4(c5cccc(N6ON(C(C)C)c7ccccc76)c5)c5ccccc5-c5ccccc54)cc32)c1. The minimum absolute atomic E-state index is 0.167. The number of rotatable bonds is 5. The molecule has 5 heteroatoms. The molecule has 8 aromatic rings. The van der Waals surface area contributed by atoms with E-state index in [1.807, 2.05) is 16.3 Å². The Kier molecular flexibility index (Phi) is 6.51. The molecule has 10 rings (SSSR count). The van der Waals surface area contributed by atoms with Crippen molar-refractivity contribution < 1.29 is 4.94 Å². The highest BCUT2D eigenvalue weighted by Gasteiger charge is 2.46. The Bertz CT molecular complexity index is 2610. The lowest BCUT2D eigenvalue weighted by Crippen LogP contribution is -2.31. The number of hydroxylamine groups is 1. The number of aromatic nitrogens is 2. The van der Waals surface area contributed by atoms with Crippen LogP contribution in [0.4, 0.5) is 17.1 Å². The van der Waals surface area contributed by atoms with Gasteiger partial charge in [-0.3, -0.25) is 4.57 Å². The van der Waals surface area contributed by atoms with E-state index in [4.69, 9.17) is 9.92 Å². The first-order valence-corrected chi connectivity index (χ1v) is 17.7. The first kappa shape index (κ1) is 29.7. The Balaban J connectivity index is 1.27. The van der Waals surface area contributed by atoms with E-state index in [0.717, 1.165) is 33.9 Å². The minimum atomic E-state index is -0.602. The van der Waals surface area contributed by atoms with Crippen molar-refractivity contribution >= 4 is 38.9 Å². The Morgan fingerprint density at radius 3 is 2.02 bits per heavy atom. The molecule has 51 heavy (non-hydrogen) atoms. The molecule has 2 aliphatic rings. The molecule has 1 aliphatic carbocycles. The van der Waals surface area contributed by atoms with E-state index < -0.39 is 5.41 Å². The van der Waals surface area contributed by atoms with Crippen molar-refractivity contribution in [2.75, 3.05) is 10.1 Å². The van der Waals surface area contributed by atoms with E-state index >= 15 is 0 Å². The van der Waals surface area contributed by atoms with Crippen LogP contribution in [0.5, 0.6) is 0 Å². The molecule has 0 saturated carbocycles. The molecule has 0 unspecified atom stereocenters. The van der Waals surface area contributed by atoms with Gasteiger partial charge in [0.05, 0.1) is 39.6 Å². The Morgan fingerprint density at radius 2 is 1.25 bits per heavy atom. The number of benzene rings is 6. The quantitative estimate of drug-likeness (QED) is 0.184. The molecule has 0 fully saturated rings. The second kappa shape index (κ2) is 11.2. The number of anilines is 3. The van der Waals surface area contributed by atoms with E-state index in [0.29, 0.717) is 0 Å². The van der Waals surface area contributed by atoms with E-state index in [1.54, 1.807) is 0 Å². The van der Waals surface area contributed by atoms with Gasteiger partial charge in [-0.2, -0.15) is 5.06 Å². The molecule has 0 radical (unpaired) electrons. The second-order valence-electron chi connectivity index (χ2n) is 14.0. The number of para-hydroxylation sites is 3. The van der Waals surface area contributed by atoms with Crippen molar-refractivity contribution in [2.45, 2.75) is 32.2 Å². The van der Waals surface area contributed by atoms with Crippen LogP contribution in [0.1, 0.15) is 41.7 Å². The number of fused-ring (bicyclic) bond motifs is 7. The summed E-state index contributed by atoms with van der Waals surface area (Å²) in [7, 11) is 0. The van der Waals surface area contributed by atoms with Crippen LogP contribution in [-0.4, -0.2) is 15.6 Å². The molecule has 5 nitrogen and oxygen atoms in total. The third-order valence-corrected chi connectivity index (χ3v) is 10.7. The smallest absolute Gasteiger partial charge is 0.137 e. The summed E-state index contributed by atoms with van der Waals surface area (Å²) < 4.78 is 2.33. The van der Waals surface area contributed by atoms with Gasteiger partial charge in [-0.1, -0.05) is 103 Å². The molecule has 0 amide bonds. The van der Waals surface area contributed by atoms with E-state index in [1.165, 1.54) is 49.7 Å². The lowest BCUT2D eigenvalue weighted by atomic mass is 9.67. The van der Waals surface area contributed by atoms with E-state index in [2.05, 4.69) is 177 Å². The molecule has 0 bridgehead atoms. The van der Waals surface area contributed by atoms with Crippen molar-refractivity contribution in [1.29, 1.82) is 0 Å². The first-order valence-electron chi connectivity index (χ1n) is 17.7. The third kappa shape index (κ3) is 4.22. The molecule has 1 aliphatic heterocycles. The van der Waals surface area contributed by atoms with Crippen LogP contribution >= 0.6 is 0 Å². The van der Waals surface area contributed by atoms with Gasteiger partial charge in [-0.05, 0) is 108 Å². The Labute approximate surface area is 297 Å². The fraction of sp³-hybridized carbons (Fsp3) is 0.109. The molecule has 6 aromatic carbocycles. The standard InChI is InChI=1S/C46H36N4O/c1-30(2)49-42-21-10-11-22-43(42)50(51-49)34-14-12-13-32(28-34)46(39-18-7-4-15-35(39)36-16-5-8-19-40(36)46)33-23-24-38-37-17-6-9-20-41(37)48(44(38)29-33)45-27-31(3)25-26-47-45/h4-30H,1-3H3. The molecule has 0 N–H and O–H groups in total. The highest BCUT2D eigenvalue weighted by atomic mass is 16.8. The van der Waals surface area contributed by atoms with Crippen LogP contribution < -0.4 is 10.1 Å². The zero-order valence-electron chi connectivity index (χ0n) is 28.8. The van der Waals surface area contributed by atoms with Gasteiger partial charge in [-0.15, -0.1) is 4.94 Å². The van der Waals surface area contributed by atoms with Gasteiger partial charge in [-0.25, -0.2) is 10.0 Å². The molecular weight excluding hydrogens is 625 g/mol. The molecule has 2 aromatic heterocycles. The predicted octanol–water partition coefficient (Wildman–Crippen LogP) is 11.1. The van der Waals surface area contributed by atoms with E-state index in [9.17, 15) is 0 Å². The van der Waals surface area contributed by atoms with Crippen molar-refractivity contribution in [3.63, 3.8) is 0 Å². The molecule has 246 valence electrons. The summed E-state index contributed by atoms with van der Waals surface area (Å²) in [5, 5.41) is 6.38. The van der Waals surface area contributed by atoms with Crippen LogP contribution in [0.3, 0.4) is 0 Å². The predicted molar refractivity (Wildman–Crippen MR) is 208 cm³/mol. The number of nitrogens with zero attached hydrogens (tertiary/aromatic N) is 4. The largest absolute Gasteiger partial charge is 0.294 e. The minimum Gasteiger partial charge on any atom is -0.294 e. The topological polar surface area (TPSA) is 33.5 Å². The maximum atomic E-state index is 6.60. The molecule has 0 atom stereocenters. The van der Waals surface area contributed by atoms with Gasteiger partial charge >= 0.3 is 0 Å². The normalized spacial score (nSPS) is 14.4. The maximum Gasteiger partial charge on any atom is 0.137 e. The first-order chi connectivity index (χ1) is 25.0. The average molecular weight is 661 g/mol. The van der Waals surface area contributed by atoms with Crippen molar-refractivity contribution in [3.8, 4) is 16.9 Å². The number of aryl methyl sites for hydroxylation is 1. The van der Waals surface area contributed by atoms with Gasteiger partial charge in [0, 0.05) is 17.0 Å². The summed E-state index contributed by atoms with van der Waals surface area (Å²) in [6.07, 6.45) is 1.91. The van der Waals surface area contributed by atoms with Gasteiger partial charge in [0.1, 0.15) is 5.82 Å². The summed E-state index contributed by atoms with van der Waals surface area (Å²) in [6.45, 7) is 6.43. The summed E-state index contributed by atoms with van der Waals surface area (Å²) in [5.41, 5.74) is 13.4. The van der Waals surface area contributed by atoms with Gasteiger partial charge in [0.15, 0.2) is 0 Å². The highest BCUT2D eigenvalue weighted by Crippen LogP contribution is 2.57. The molecule has 3 heterocycles. The van der Waals surface area contributed by atoms with Crippen molar-refractivity contribution in [1.82, 2.24) is 9.55 Å². The molecular formula is C46H36N4O. The lowest BCUT2D eigenvalue weighted by Gasteiger charge is -2.34. The summed E-state index contributed by atoms with van der Waals surface area (Å²) >= 11 is 0. The fourth-order valence-electron chi connectivity index (χ4n) is 8.54. The van der Waals surface area contributed by atoms with Gasteiger partial charge in [0.25, 0.3) is 0 Å². The number of hydrogen-bond donors (Lipinski definition) is 0. The molecule has 0 saturated heterocycles. The average Bonchev–Trinajstić information content (AvgIpc) is 3.82. The summed E-state index contributed by atoms with van der Waals surface area (Å²) in [6, 6.07) is 55.3. The lowest BCUT2D eigenvalue weighted by molar-refractivity contribution is 0.112. The Morgan fingerprint density at radius 1 is 0.588 bits per heavy atom. The van der Waals surface area contributed by atoms with Gasteiger partial charge < -0.3 is 0 Å². The number of pyridine rings is 1. The molecule has 0 spiro atoms. The number of hydrogen-bond acceptors (Lipinski definition) is 4. The second-order valence-corrected chi connectivity index (χ2v) is 14.0.